The average molecular weight is 445 g/mol. The van der Waals surface area contributed by atoms with E-state index in [4.69, 9.17) is 4.74 Å². The van der Waals surface area contributed by atoms with E-state index in [-0.39, 0.29) is 11.8 Å². The van der Waals surface area contributed by atoms with Gasteiger partial charge < -0.3 is 9.64 Å². The predicted octanol–water partition coefficient (Wildman–Crippen LogP) is 3.58. The fourth-order valence-electron chi connectivity index (χ4n) is 4.23. The number of fused-ring (bicyclic) bond motifs is 3. The summed E-state index contributed by atoms with van der Waals surface area (Å²) >= 11 is 2.25. The Morgan fingerprint density at radius 1 is 1.32 bits per heavy atom. The van der Waals surface area contributed by atoms with Crippen molar-refractivity contribution in [1.29, 1.82) is 0 Å². The van der Waals surface area contributed by atoms with Gasteiger partial charge in [0.15, 0.2) is 0 Å². The zero-order valence-electron chi connectivity index (χ0n) is 13.8. The van der Waals surface area contributed by atoms with Crippen molar-refractivity contribution < 1.29 is 9.53 Å². The summed E-state index contributed by atoms with van der Waals surface area (Å²) in [4.78, 5) is 14.8. The number of rotatable bonds is 2. The number of carbonyl (C=O) groups excluding carboxylic acids is 1. The van der Waals surface area contributed by atoms with E-state index in [1.54, 1.807) is 12.0 Å². The van der Waals surface area contributed by atoms with E-state index < -0.39 is 5.41 Å². The van der Waals surface area contributed by atoms with Crippen LogP contribution in [0.2, 0.25) is 0 Å². The summed E-state index contributed by atoms with van der Waals surface area (Å²) in [5.74, 6) is 1.16. The monoisotopic (exact) mass is 445 g/mol. The fraction of sp³-hybridized carbons (Fsp3) is 0.263. The lowest BCUT2D eigenvalue weighted by atomic mass is 9.91. The van der Waals surface area contributed by atoms with Crippen molar-refractivity contribution in [3.05, 3.63) is 51.2 Å². The van der Waals surface area contributed by atoms with E-state index in [0.717, 1.165) is 38.0 Å². The summed E-state index contributed by atoms with van der Waals surface area (Å²) in [5, 5.41) is 8.50. The third kappa shape index (κ3) is 1.88. The van der Waals surface area contributed by atoms with Crippen LogP contribution in [0.5, 0.6) is 5.75 Å². The van der Waals surface area contributed by atoms with Crippen LogP contribution >= 0.6 is 22.6 Å². The maximum atomic E-state index is 13.1. The van der Waals surface area contributed by atoms with E-state index >= 15 is 0 Å². The van der Waals surface area contributed by atoms with Crippen LogP contribution in [0.25, 0.3) is 10.9 Å². The highest BCUT2D eigenvalue weighted by atomic mass is 127. The van der Waals surface area contributed by atoms with Crippen molar-refractivity contribution in [2.45, 2.75) is 17.8 Å². The van der Waals surface area contributed by atoms with Gasteiger partial charge in [-0.2, -0.15) is 5.10 Å². The van der Waals surface area contributed by atoms with Crippen LogP contribution < -0.4 is 9.64 Å². The van der Waals surface area contributed by atoms with E-state index in [0.29, 0.717) is 0 Å². The molecule has 5 rings (SSSR count). The highest BCUT2D eigenvalue weighted by Gasteiger charge is 2.66. The first-order valence-corrected chi connectivity index (χ1v) is 9.24. The smallest absolute Gasteiger partial charge is 0.238 e. The molecule has 0 saturated heterocycles. The highest BCUT2D eigenvalue weighted by molar-refractivity contribution is 14.1. The van der Waals surface area contributed by atoms with Gasteiger partial charge in [0.05, 0.1) is 18.0 Å². The van der Waals surface area contributed by atoms with Crippen LogP contribution in [-0.2, 0) is 10.2 Å². The van der Waals surface area contributed by atoms with Crippen LogP contribution in [-0.4, -0.2) is 30.3 Å². The summed E-state index contributed by atoms with van der Waals surface area (Å²) in [6.45, 7) is 0. The normalized spacial score (nSPS) is 24.2. The molecule has 1 N–H and O–H groups in total. The number of methoxy groups -OCH3 is 1. The number of anilines is 1. The SMILES string of the molecule is COc1ccc2c(c1)C1(CC1c1ccc3c(I)[nH]nc3c1)C(=O)N2C. The third-order valence-corrected chi connectivity index (χ3v) is 6.45. The van der Waals surface area contributed by atoms with Crippen molar-refractivity contribution in [3.8, 4) is 5.75 Å². The molecule has 3 aromatic rings. The molecule has 2 heterocycles. The minimum atomic E-state index is -0.449. The van der Waals surface area contributed by atoms with Crippen LogP contribution in [0.15, 0.2) is 36.4 Å². The van der Waals surface area contributed by atoms with Gasteiger partial charge in [-0.15, -0.1) is 0 Å². The molecule has 1 spiro atoms. The molecule has 6 heteroatoms. The second-order valence-corrected chi connectivity index (χ2v) is 7.87. The van der Waals surface area contributed by atoms with E-state index in [1.807, 2.05) is 25.2 Å². The highest BCUT2D eigenvalue weighted by Crippen LogP contribution is 2.66. The van der Waals surface area contributed by atoms with Crippen molar-refractivity contribution in [2.24, 2.45) is 0 Å². The largest absolute Gasteiger partial charge is 0.497 e. The van der Waals surface area contributed by atoms with Gasteiger partial charge in [0.1, 0.15) is 9.45 Å². The van der Waals surface area contributed by atoms with Gasteiger partial charge in [-0.1, -0.05) is 6.07 Å². The zero-order valence-corrected chi connectivity index (χ0v) is 16.0. The Morgan fingerprint density at radius 3 is 2.96 bits per heavy atom. The van der Waals surface area contributed by atoms with Gasteiger partial charge >= 0.3 is 0 Å². The molecule has 2 aliphatic rings. The number of hydrogen-bond acceptors (Lipinski definition) is 3. The first-order valence-electron chi connectivity index (χ1n) is 8.16. The molecule has 0 radical (unpaired) electrons. The fourth-order valence-corrected chi connectivity index (χ4v) is 4.80. The van der Waals surface area contributed by atoms with Gasteiger partial charge in [0.25, 0.3) is 0 Å². The second-order valence-electron chi connectivity index (χ2n) is 6.79. The molecule has 1 saturated carbocycles. The van der Waals surface area contributed by atoms with Crippen molar-refractivity contribution >= 4 is 45.1 Å². The summed E-state index contributed by atoms with van der Waals surface area (Å²) in [5.41, 5.74) is 3.75. The number of benzene rings is 2. The number of likely N-dealkylation sites (N-methyl/N-ethyl adjacent to an activating group) is 1. The molecule has 2 unspecified atom stereocenters. The van der Waals surface area contributed by atoms with Crippen LogP contribution in [0, 0.1) is 3.70 Å². The average Bonchev–Trinajstić information content (AvgIpc) is 3.25. The summed E-state index contributed by atoms with van der Waals surface area (Å²) in [7, 11) is 3.52. The molecular formula is C19H16IN3O2. The number of ether oxygens (including phenoxy) is 1. The van der Waals surface area contributed by atoms with E-state index in [9.17, 15) is 4.79 Å². The second kappa shape index (κ2) is 4.97. The Labute approximate surface area is 158 Å². The molecule has 5 nitrogen and oxygen atoms in total. The molecule has 2 atom stereocenters. The molecule has 1 aliphatic heterocycles. The molecule has 1 amide bonds. The topological polar surface area (TPSA) is 58.2 Å². The number of hydrogen-bond donors (Lipinski definition) is 1. The Morgan fingerprint density at radius 2 is 2.16 bits per heavy atom. The summed E-state index contributed by atoms with van der Waals surface area (Å²) in [6, 6.07) is 12.3. The Bertz CT molecular complexity index is 1040. The van der Waals surface area contributed by atoms with Crippen molar-refractivity contribution in [3.63, 3.8) is 0 Å². The number of nitrogens with zero attached hydrogens (tertiary/aromatic N) is 2. The molecular weight excluding hydrogens is 429 g/mol. The molecule has 1 aliphatic carbocycles. The summed E-state index contributed by atoms with van der Waals surface area (Å²) < 4.78 is 6.43. The molecule has 25 heavy (non-hydrogen) atoms. The number of halogens is 1. The minimum absolute atomic E-state index is 0.178. The van der Waals surface area contributed by atoms with Crippen molar-refractivity contribution in [2.75, 3.05) is 19.1 Å². The van der Waals surface area contributed by atoms with Gasteiger partial charge in [-0.25, -0.2) is 0 Å². The van der Waals surface area contributed by atoms with Gasteiger partial charge in [0.2, 0.25) is 5.91 Å². The predicted molar refractivity (Wildman–Crippen MR) is 104 cm³/mol. The molecule has 1 aromatic heterocycles. The third-order valence-electron chi connectivity index (χ3n) is 5.63. The number of aromatic amines is 1. The quantitative estimate of drug-likeness (QED) is 0.614. The van der Waals surface area contributed by atoms with Gasteiger partial charge in [-0.3, -0.25) is 9.89 Å². The number of H-pyrrole nitrogens is 1. The maximum Gasteiger partial charge on any atom is 0.238 e. The lowest BCUT2D eigenvalue weighted by molar-refractivity contribution is -0.120. The zero-order chi connectivity index (χ0) is 17.3. The Kier molecular flexibility index (Phi) is 3.02. The lowest BCUT2D eigenvalue weighted by Crippen LogP contribution is -2.29. The molecule has 0 bridgehead atoms. The van der Waals surface area contributed by atoms with Gasteiger partial charge in [-0.05, 0) is 70.5 Å². The van der Waals surface area contributed by atoms with Crippen molar-refractivity contribution in [1.82, 2.24) is 10.2 Å². The van der Waals surface area contributed by atoms with E-state index in [1.165, 1.54) is 5.56 Å². The molecule has 2 aromatic carbocycles. The number of nitrogens with one attached hydrogen (secondary N) is 1. The molecule has 1 fully saturated rings. The Balaban J connectivity index is 1.62. The van der Waals surface area contributed by atoms with E-state index in [2.05, 4.69) is 51.0 Å². The molecule has 126 valence electrons. The Hall–Kier alpha value is -2.09. The first kappa shape index (κ1) is 15.2. The van der Waals surface area contributed by atoms with Crippen LogP contribution in [0.3, 0.4) is 0 Å². The number of aromatic nitrogens is 2. The number of amides is 1. The summed E-state index contributed by atoms with van der Waals surface area (Å²) in [6.07, 6.45) is 0.837. The van der Waals surface area contributed by atoms with Gasteiger partial charge in [0, 0.05) is 24.0 Å². The van der Waals surface area contributed by atoms with Crippen LogP contribution in [0.4, 0.5) is 5.69 Å². The maximum absolute atomic E-state index is 13.1. The standard InChI is InChI=1S/C19H16IN3O2/c1-23-16-6-4-11(25-2)8-13(16)19(18(23)24)9-14(19)10-3-5-12-15(7-10)21-22-17(12)20/h3-8,14H,9H2,1-2H3,(H,21,22). The lowest BCUT2D eigenvalue weighted by Gasteiger charge is -2.11. The van der Waals surface area contributed by atoms with Crippen LogP contribution in [0.1, 0.15) is 23.5 Å². The first-order chi connectivity index (χ1) is 12.1. The number of carbonyl (C=O) groups is 1. The minimum Gasteiger partial charge on any atom is -0.497 e.